The van der Waals surface area contributed by atoms with Crippen molar-refractivity contribution in [1.29, 1.82) is 5.26 Å². The number of benzene rings is 2. The van der Waals surface area contributed by atoms with Gasteiger partial charge in [-0.2, -0.15) is 5.26 Å². The molecule has 22 heavy (non-hydrogen) atoms. The fourth-order valence-corrected chi connectivity index (χ4v) is 4.09. The summed E-state index contributed by atoms with van der Waals surface area (Å²) in [5.74, 6) is -0.596. The first-order valence-electron chi connectivity index (χ1n) is 6.38. The Bertz CT molecular complexity index is 831. The van der Waals surface area contributed by atoms with Crippen molar-refractivity contribution in [1.82, 2.24) is 0 Å². The molecule has 0 saturated carbocycles. The summed E-state index contributed by atoms with van der Waals surface area (Å²) in [7, 11) is 0. The van der Waals surface area contributed by atoms with E-state index in [4.69, 9.17) is 0 Å². The van der Waals surface area contributed by atoms with Crippen LogP contribution in [-0.2, 0) is 0 Å². The van der Waals surface area contributed by atoms with Crippen LogP contribution in [0.1, 0.15) is 5.56 Å². The SMILES string of the molecule is N#Cc1c(-c2ccc(F)cc2)csc1Sc1ccc(F)cc1. The smallest absolute Gasteiger partial charge is 0.123 e. The van der Waals surface area contributed by atoms with Crippen LogP contribution < -0.4 is 0 Å². The summed E-state index contributed by atoms with van der Waals surface area (Å²) in [6.45, 7) is 0. The van der Waals surface area contributed by atoms with Gasteiger partial charge >= 0.3 is 0 Å². The van der Waals surface area contributed by atoms with Crippen LogP contribution in [-0.4, -0.2) is 0 Å². The molecule has 0 spiro atoms. The predicted molar refractivity (Wildman–Crippen MR) is 85.0 cm³/mol. The highest BCUT2D eigenvalue weighted by atomic mass is 32.2. The van der Waals surface area contributed by atoms with Gasteiger partial charge in [-0.25, -0.2) is 8.78 Å². The number of hydrogen-bond donors (Lipinski definition) is 0. The number of halogens is 2. The maximum absolute atomic E-state index is 13.0. The Balaban J connectivity index is 1.95. The van der Waals surface area contributed by atoms with Gasteiger partial charge in [-0.15, -0.1) is 11.3 Å². The number of rotatable bonds is 3. The molecule has 0 amide bonds. The highest BCUT2D eigenvalue weighted by molar-refractivity contribution is 8.01. The van der Waals surface area contributed by atoms with Gasteiger partial charge in [0.05, 0.1) is 9.77 Å². The Morgan fingerprint density at radius 3 is 2.09 bits per heavy atom. The molecule has 0 radical (unpaired) electrons. The average Bonchev–Trinajstić information content (AvgIpc) is 2.93. The van der Waals surface area contributed by atoms with Gasteiger partial charge in [0.1, 0.15) is 17.7 Å². The minimum Gasteiger partial charge on any atom is -0.207 e. The molecule has 0 bridgehead atoms. The van der Waals surface area contributed by atoms with E-state index < -0.39 is 0 Å². The highest BCUT2D eigenvalue weighted by Crippen LogP contribution is 2.40. The zero-order valence-electron chi connectivity index (χ0n) is 11.2. The van der Waals surface area contributed by atoms with E-state index >= 15 is 0 Å². The van der Waals surface area contributed by atoms with Gasteiger partial charge in [0.15, 0.2) is 0 Å². The van der Waals surface area contributed by atoms with Crippen LogP contribution in [0, 0.1) is 23.0 Å². The second-order valence-electron chi connectivity index (χ2n) is 4.49. The van der Waals surface area contributed by atoms with Gasteiger partial charge in [0.25, 0.3) is 0 Å². The average molecular weight is 329 g/mol. The van der Waals surface area contributed by atoms with Crippen molar-refractivity contribution in [2.75, 3.05) is 0 Å². The van der Waals surface area contributed by atoms with Crippen LogP contribution in [0.5, 0.6) is 0 Å². The van der Waals surface area contributed by atoms with Crippen molar-refractivity contribution < 1.29 is 8.78 Å². The number of nitriles is 1. The third-order valence-electron chi connectivity index (χ3n) is 3.05. The maximum atomic E-state index is 13.0. The van der Waals surface area contributed by atoms with Crippen LogP contribution in [0.25, 0.3) is 11.1 Å². The lowest BCUT2D eigenvalue weighted by atomic mass is 10.1. The quantitative estimate of drug-likeness (QED) is 0.614. The third kappa shape index (κ3) is 3.03. The molecule has 3 rings (SSSR count). The van der Waals surface area contributed by atoms with E-state index in [1.54, 1.807) is 24.3 Å². The fourth-order valence-electron chi connectivity index (χ4n) is 1.97. The van der Waals surface area contributed by atoms with Gasteiger partial charge in [-0.3, -0.25) is 0 Å². The van der Waals surface area contributed by atoms with Crippen LogP contribution in [0.3, 0.4) is 0 Å². The lowest BCUT2D eigenvalue weighted by molar-refractivity contribution is 0.626. The summed E-state index contributed by atoms with van der Waals surface area (Å²) < 4.78 is 26.8. The summed E-state index contributed by atoms with van der Waals surface area (Å²) >= 11 is 2.87. The maximum Gasteiger partial charge on any atom is 0.123 e. The van der Waals surface area contributed by atoms with E-state index in [-0.39, 0.29) is 11.6 Å². The van der Waals surface area contributed by atoms with Crippen molar-refractivity contribution >= 4 is 23.1 Å². The summed E-state index contributed by atoms with van der Waals surface area (Å²) in [5, 5.41) is 11.3. The normalized spacial score (nSPS) is 10.4. The standard InChI is InChI=1S/C17H9F2NS2/c18-12-3-1-11(2-4-12)16-10-21-17(15(16)9-20)22-14-7-5-13(19)6-8-14/h1-8,10H. The Morgan fingerprint density at radius 2 is 1.50 bits per heavy atom. The molecule has 108 valence electrons. The monoisotopic (exact) mass is 329 g/mol. The van der Waals surface area contributed by atoms with Gasteiger partial charge in [0, 0.05) is 15.8 Å². The first kappa shape index (κ1) is 14.8. The molecular formula is C17H9F2NS2. The molecule has 0 aliphatic rings. The Labute approximate surface area is 134 Å². The number of thiophene rings is 1. The molecular weight excluding hydrogens is 320 g/mol. The zero-order valence-corrected chi connectivity index (χ0v) is 12.8. The molecule has 0 fully saturated rings. The molecule has 1 heterocycles. The van der Waals surface area contributed by atoms with Crippen molar-refractivity contribution in [3.05, 3.63) is 71.1 Å². The lowest BCUT2D eigenvalue weighted by Crippen LogP contribution is -1.82. The van der Waals surface area contributed by atoms with Gasteiger partial charge < -0.3 is 0 Å². The molecule has 5 heteroatoms. The molecule has 0 aliphatic carbocycles. The van der Waals surface area contributed by atoms with Crippen LogP contribution >= 0.6 is 23.1 Å². The van der Waals surface area contributed by atoms with Crippen LogP contribution in [0.15, 0.2) is 63.0 Å². The van der Waals surface area contributed by atoms with Gasteiger partial charge in [0.2, 0.25) is 0 Å². The topological polar surface area (TPSA) is 23.8 Å². The largest absolute Gasteiger partial charge is 0.207 e. The van der Waals surface area contributed by atoms with E-state index in [2.05, 4.69) is 6.07 Å². The molecule has 0 saturated heterocycles. The predicted octanol–water partition coefficient (Wildman–Crippen LogP) is 5.72. The van der Waals surface area contributed by atoms with Crippen LogP contribution in [0.2, 0.25) is 0 Å². The molecule has 0 N–H and O–H groups in total. The second-order valence-corrected chi connectivity index (χ2v) is 6.71. The molecule has 3 aromatic rings. The molecule has 0 aliphatic heterocycles. The highest BCUT2D eigenvalue weighted by Gasteiger charge is 2.14. The van der Waals surface area contributed by atoms with Crippen molar-refractivity contribution in [2.45, 2.75) is 9.10 Å². The van der Waals surface area contributed by atoms with Gasteiger partial charge in [-0.1, -0.05) is 23.9 Å². The zero-order chi connectivity index (χ0) is 15.5. The van der Waals surface area contributed by atoms with E-state index in [0.29, 0.717) is 5.56 Å². The molecule has 2 aromatic carbocycles. The number of nitrogens with zero attached hydrogens (tertiary/aromatic N) is 1. The molecule has 1 nitrogen and oxygen atoms in total. The van der Waals surface area contributed by atoms with Crippen molar-refractivity contribution in [3.8, 4) is 17.2 Å². The third-order valence-corrected chi connectivity index (χ3v) is 5.26. The Hall–Kier alpha value is -2.16. The van der Waals surface area contributed by atoms with Crippen LogP contribution in [0.4, 0.5) is 8.78 Å². The summed E-state index contributed by atoms with van der Waals surface area (Å²) in [4.78, 5) is 0.866. The molecule has 0 atom stereocenters. The number of hydrogen-bond acceptors (Lipinski definition) is 3. The summed E-state index contributed by atoms with van der Waals surface area (Å²) in [5.41, 5.74) is 2.16. The summed E-state index contributed by atoms with van der Waals surface area (Å²) in [6, 6.07) is 14.4. The minimum absolute atomic E-state index is 0.289. The van der Waals surface area contributed by atoms with E-state index in [0.717, 1.165) is 20.2 Å². The summed E-state index contributed by atoms with van der Waals surface area (Å²) in [6.07, 6.45) is 0. The van der Waals surface area contributed by atoms with E-state index in [1.807, 2.05) is 5.38 Å². The minimum atomic E-state index is -0.307. The van der Waals surface area contributed by atoms with E-state index in [9.17, 15) is 14.0 Å². The molecule has 0 unspecified atom stereocenters. The Morgan fingerprint density at radius 1 is 0.909 bits per heavy atom. The molecule has 1 aromatic heterocycles. The first-order valence-corrected chi connectivity index (χ1v) is 8.08. The lowest BCUT2D eigenvalue weighted by Gasteiger charge is -2.01. The second kappa shape index (κ2) is 6.30. The van der Waals surface area contributed by atoms with Gasteiger partial charge in [-0.05, 0) is 42.0 Å². The Kier molecular flexibility index (Phi) is 4.23. The fraction of sp³-hybridized carbons (Fsp3) is 0. The first-order chi connectivity index (χ1) is 10.7. The van der Waals surface area contributed by atoms with E-state index in [1.165, 1.54) is 47.4 Å². The van der Waals surface area contributed by atoms with Crippen molar-refractivity contribution in [3.63, 3.8) is 0 Å². The van der Waals surface area contributed by atoms with Crippen molar-refractivity contribution in [2.24, 2.45) is 0 Å².